The first kappa shape index (κ1) is 14.5. The van der Waals surface area contributed by atoms with Gasteiger partial charge in [0.2, 0.25) is 5.91 Å². The Morgan fingerprint density at radius 3 is 3.05 bits per heavy atom. The lowest BCUT2D eigenvalue weighted by atomic mass is 10.2. The first-order chi connectivity index (χ1) is 10.5. The molecule has 0 bridgehead atoms. The normalized spacial score (nSPS) is 16.5. The highest BCUT2D eigenvalue weighted by atomic mass is 32.1. The Balaban J connectivity index is 1.69. The molecular weight excluding hydrogens is 302 g/mol. The first-order valence-corrected chi connectivity index (χ1v) is 7.71. The second-order valence-electron chi connectivity index (χ2n) is 5.04. The minimum atomic E-state index is -0.513. The van der Waals surface area contributed by atoms with E-state index >= 15 is 0 Å². The predicted octanol–water partition coefficient (Wildman–Crippen LogP) is 2.35. The maximum absolute atomic E-state index is 12.0. The van der Waals surface area contributed by atoms with Crippen LogP contribution in [0.4, 0.5) is 11.4 Å². The summed E-state index contributed by atoms with van der Waals surface area (Å²) in [7, 11) is 0. The molecule has 22 heavy (non-hydrogen) atoms. The smallest absolute Gasteiger partial charge is 0.265 e. The fourth-order valence-corrected chi connectivity index (χ4v) is 2.76. The van der Waals surface area contributed by atoms with Crippen LogP contribution in [0.2, 0.25) is 0 Å². The molecular formula is C15H15N3O3S. The third-order valence-electron chi connectivity index (χ3n) is 3.20. The predicted molar refractivity (Wildman–Crippen MR) is 84.3 cm³/mol. The summed E-state index contributed by atoms with van der Waals surface area (Å²) in [5.41, 5.74) is 1.92. The molecule has 0 spiro atoms. The summed E-state index contributed by atoms with van der Waals surface area (Å²) in [4.78, 5) is 27.9. The number of fused-ring (bicyclic) bond motifs is 1. The van der Waals surface area contributed by atoms with Crippen LogP contribution in [0.3, 0.4) is 0 Å². The number of aromatic nitrogens is 1. The molecule has 1 atom stereocenters. The molecule has 1 aliphatic rings. The van der Waals surface area contributed by atoms with Gasteiger partial charge in [-0.05, 0) is 32.0 Å². The van der Waals surface area contributed by atoms with Crippen molar-refractivity contribution < 1.29 is 14.3 Å². The van der Waals surface area contributed by atoms with Gasteiger partial charge in [-0.15, -0.1) is 11.3 Å². The molecule has 114 valence electrons. The molecule has 0 saturated heterocycles. The number of benzene rings is 1. The van der Waals surface area contributed by atoms with Crippen molar-refractivity contribution in [2.75, 3.05) is 10.6 Å². The van der Waals surface area contributed by atoms with Gasteiger partial charge in [0.15, 0.2) is 6.10 Å². The molecule has 0 saturated carbocycles. The second-order valence-corrected chi connectivity index (χ2v) is 6.11. The topological polar surface area (TPSA) is 80.3 Å². The van der Waals surface area contributed by atoms with Crippen molar-refractivity contribution in [2.24, 2.45) is 0 Å². The number of amides is 2. The summed E-state index contributed by atoms with van der Waals surface area (Å²) in [6.07, 6.45) is -0.290. The summed E-state index contributed by atoms with van der Waals surface area (Å²) < 4.78 is 5.47. The summed E-state index contributed by atoms with van der Waals surface area (Å²) >= 11 is 1.52. The van der Waals surface area contributed by atoms with Crippen LogP contribution in [0.25, 0.3) is 0 Å². The number of rotatable bonds is 3. The van der Waals surface area contributed by atoms with Crippen molar-refractivity contribution >= 4 is 34.5 Å². The van der Waals surface area contributed by atoms with E-state index in [9.17, 15) is 9.59 Å². The Hall–Kier alpha value is -2.41. The number of nitrogens with one attached hydrogen (secondary N) is 2. The van der Waals surface area contributed by atoms with Crippen molar-refractivity contribution in [3.05, 3.63) is 34.3 Å². The van der Waals surface area contributed by atoms with Crippen LogP contribution in [0.5, 0.6) is 5.75 Å². The highest BCUT2D eigenvalue weighted by molar-refractivity contribution is 7.09. The monoisotopic (exact) mass is 317 g/mol. The van der Waals surface area contributed by atoms with E-state index in [0.29, 0.717) is 17.1 Å². The number of carbonyl (C=O) groups excluding carboxylic acids is 2. The standard InChI is InChI=1S/C15H15N3O3S/c1-8-15(20)18-12-5-10(3-4-13(12)21-8)17-14(19)6-11-7-22-9(2)16-11/h3-5,7-8H,6H2,1-2H3,(H,17,19)(H,18,20). The van der Waals surface area contributed by atoms with Gasteiger partial charge in [-0.1, -0.05) is 0 Å². The Morgan fingerprint density at radius 2 is 2.32 bits per heavy atom. The van der Waals surface area contributed by atoms with Gasteiger partial charge in [0.05, 0.1) is 22.8 Å². The molecule has 7 heteroatoms. The molecule has 3 rings (SSSR count). The maximum atomic E-state index is 12.0. The number of anilines is 2. The third-order valence-corrected chi connectivity index (χ3v) is 4.02. The van der Waals surface area contributed by atoms with Crippen molar-refractivity contribution in [2.45, 2.75) is 26.4 Å². The van der Waals surface area contributed by atoms with Crippen LogP contribution in [0, 0.1) is 6.92 Å². The van der Waals surface area contributed by atoms with Crippen LogP contribution < -0.4 is 15.4 Å². The Kier molecular flexibility index (Phi) is 3.81. The molecule has 2 amide bonds. The Bertz CT molecular complexity index is 741. The zero-order valence-corrected chi connectivity index (χ0v) is 13.0. The molecule has 1 aromatic heterocycles. The zero-order chi connectivity index (χ0) is 15.7. The molecule has 0 aliphatic carbocycles. The highest BCUT2D eigenvalue weighted by Gasteiger charge is 2.23. The number of hydrogen-bond acceptors (Lipinski definition) is 5. The molecule has 1 aromatic carbocycles. The molecule has 6 nitrogen and oxygen atoms in total. The van der Waals surface area contributed by atoms with Crippen molar-refractivity contribution in [1.82, 2.24) is 4.98 Å². The van der Waals surface area contributed by atoms with Crippen LogP contribution in [0.1, 0.15) is 17.6 Å². The van der Waals surface area contributed by atoms with E-state index in [0.717, 1.165) is 10.7 Å². The average molecular weight is 317 g/mol. The number of hydrogen-bond donors (Lipinski definition) is 2. The van der Waals surface area contributed by atoms with E-state index in [4.69, 9.17) is 4.74 Å². The molecule has 1 aliphatic heterocycles. The van der Waals surface area contributed by atoms with E-state index in [1.54, 1.807) is 25.1 Å². The summed E-state index contributed by atoms with van der Waals surface area (Å²) in [5, 5.41) is 8.35. The average Bonchev–Trinajstić information content (AvgIpc) is 2.85. The SMILES string of the molecule is Cc1nc(CC(=O)Nc2ccc3c(c2)NC(=O)C(C)O3)cs1. The van der Waals surface area contributed by atoms with Crippen LogP contribution in [-0.2, 0) is 16.0 Å². The van der Waals surface area contributed by atoms with E-state index in [-0.39, 0.29) is 18.2 Å². The highest BCUT2D eigenvalue weighted by Crippen LogP contribution is 2.32. The number of ether oxygens (including phenoxy) is 1. The molecule has 0 radical (unpaired) electrons. The molecule has 2 heterocycles. The number of thiazole rings is 1. The molecule has 2 aromatic rings. The van der Waals surface area contributed by atoms with Gasteiger partial charge in [0, 0.05) is 11.1 Å². The molecule has 0 fully saturated rings. The quantitative estimate of drug-likeness (QED) is 0.910. The van der Waals surface area contributed by atoms with Crippen LogP contribution >= 0.6 is 11.3 Å². The largest absolute Gasteiger partial charge is 0.479 e. The van der Waals surface area contributed by atoms with Gasteiger partial charge in [-0.3, -0.25) is 9.59 Å². The van der Waals surface area contributed by atoms with Gasteiger partial charge in [-0.2, -0.15) is 0 Å². The maximum Gasteiger partial charge on any atom is 0.265 e. The lowest BCUT2D eigenvalue weighted by Gasteiger charge is -2.23. The van der Waals surface area contributed by atoms with Crippen LogP contribution in [-0.4, -0.2) is 22.9 Å². The van der Waals surface area contributed by atoms with Crippen molar-refractivity contribution in [3.8, 4) is 5.75 Å². The van der Waals surface area contributed by atoms with Gasteiger partial charge < -0.3 is 15.4 Å². The molecule has 1 unspecified atom stereocenters. The molecule has 2 N–H and O–H groups in total. The summed E-state index contributed by atoms with van der Waals surface area (Å²) in [5.74, 6) is 0.246. The number of aryl methyl sites for hydroxylation is 1. The number of carbonyl (C=O) groups is 2. The van der Waals surface area contributed by atoms with Gasteiger partial charge in [-0.25, -0.2) is 4.98 Å². The summed E-state index contributed by atoms with van der Waals surface area (Å²) in [6, 6.07) is 5.16. The van der Waals surface area contributed by atoms with Crippen molar-refractivity contribution in [1.29, 1.82) is 0 Å². The van der Waals surface area contributed by atoms with E-state index in [1.165, 1.54) is 11.3 Å². The van der Waals surface area contributed by atoms with Gasteiger partial charge in [0.1, 0.15) is 5.75 Å². The lowest BCUT2D eigenvalue weighted by Crippen LogP contribution is -2.34. The fourth-order valence-electron chi connectivity index (χ4n) is 2.15. The minimum absolute atomic E-state index is 0.151. The van der Waals surface area contributed by atoms with E-state index < -0.39 is 6.10 Å². The first-order valence-electron chi connectivity index (χ1n) is 6.83. The Labute approximate surface area is 131 Å². The van der Waals surface area contributed by atoms with Gasteiger partial charge >= 0.3 is 0 Å². The number of nitrogens with zero attached hydrogens (tertiary/aromatic N) is 1. The fraction of sp³-hybridized carbons (Fsp3) is 0.267. The second kappa shape index (κ2) is 5.76. The third kappa shape index (κ3) is 3.09. The van der Waals surface area contributed by atoms with Crippen LogP contribution in [0.15, 0.2) is 23.6 Å². The van der Waals surface area contributed by atoms with E-state index in [2.05, 4.69) is 15.6 Å². The minimum Gasteiger partial charge on any atom is -0.479 e. The van der Waals surface area contributed by atoms with E-state index in [1.807, 2.05) is 12.3 Å². The lowest BCUT2D eigenvalue weighted by molar-refractivity contribution is -0.122. The van der Waals surface area contributed by atoms with Crippen molar-refractivity contribution in [3.63, 3.8) is 0 Å². The van der Waals surface area contributed by atoms with Gasteiger partial charge in [0.25, 0.3) is 5.91 Å². The zero-order valence-electron chi connectivity index (χ0n) is 12.2. The Morgan fingerprint density at radius 1 is 1.50 bits per heavy atom. The summed E-state index contributed by atoms with van der Waals surface area (Å²) in [6.45, 7) is 3.59.